The fraction of sp³-hybridized carbons (Fsp3) is 1.00. The van der Waals surface area contributed by atoms with Crippen LogP contribution in [0.5, 0.6) is 0 Å². The van der Waals surface area contributed by atoms with E-state index in [0.717, 1.165) is 12.3 Å². The summed E-state index contributed by atoms with van der Waals surface area (Å²) in [5, 5.41) is 0. The van der Waals surface area contributed by atoms with Crippen molar-refractivity contribution in [2.75, 3.05) is 18.2 Å². The van der Waals surface area contributed by atoms with E-state index in [9.17, 15) is 8.42 Å². The highest BCUT2D eigenvalue weighted by atomic mass is 35.5. The second-order valence-corrected chi connectivity index (χ2v) is 7.13. The van der Waals surface area contributed by atoms with Crippen LogP contribution in [0.2, 0.25) is 0 Å². The lowest BCUT2D eigenvalue weighted by atomic mass is 9.81. The van der Waals surface area contributed by atoms with Crippen molar-refractivity contribution in [2.45, 2.75) is 39.0 Å². The SMILES string of the molecule is CC1CCCC(CCNS(=O)(=O)CCCl)C1. The van der Waals surface area contributed by atoms with Crippen LogP contribution in [-0.4, -0.2) is 26.6 Å². The largest absolute Gasteiger partial charge is 0.215 e. The normalized spacial score (nSPS) is 26.9. The Morgan fingerprint density at radius 2 is 2.12 bits per heavy atom. The van der Waals surface area contributed by atoms with Crippen molar-refractivity contribution in [3.8, 4) is 0 Å². The first-order valence-corrected chi connectivity index (χ1v) is 8.25. The van der Waals surface area contributed by atoms with E-state index in [1.807, 2.05) is 0 Å². The number of halogens is 1. The van der Waals surface area contributed by atoms with Gasteiger partial charge in [0.25, 0.3) is 0 Å². The molecule has 5 heteroatoms. The maximum absolute atomic E-state index is 11.3. The Kier molecular flexibility index (Phi) is 6.08. The molecule has 1 aliphatic carbocycles. The topological polar surface area (TPSA) is 46.2 Å². The van der Waals surface area contributed by atoms with Crippen LogP contribution >= 0.6 is 11.6 Å². The Labute approximate surface area is 104 Å². The van der Waals surface area contributed by atoms with Crippen LogP contribution in [0.1, 0.15) is 39.0 Å². The first kappa shape index (κ1) is 14.3. The number of rotatable bonds is 6. The molecule has 0 heterocycles. The van der Waals surface area contributed by atoms with E-state index in [-0.39, 0.29) is 11.6 Å². The van der Waals surface area contributed by atoms with Gasteiger partial charge in [0.15, 0.2) is 0 Å². The summed E-state index contributed by atoms with van der Waals surface area (Å²) >= 11 is 5.41. The van der Waals surface area contributed by atoms with Gasteiger partial charge in [-0.1, -0.05) is 26.2 Å². The third kappa shape index (κ3) is 5.51. The van der Waals surface area contributed by atoms with Gasteiger partial charge in [-0.2, -0.15) is 0 Å². The molecule has 0 bridgehead atoms. The van der Waals surface area contributed by atoms with E-state index in [1.54, 1.807) is 0 Å². The van der Waals surface area contributed by atoms with Crippen molar-refractivity contribution in [1.29, 1.82) is 0 Å². The van der Waals surface area contributed by atoms with Crippen molar-refractivity contribution >= 4 is 21.6 Å². The van der Waals surface area contributed by atoms with Gasteiger partial charge in [0.2, 0.25) is 10.0 Å². The third-order valence-corrected chi connectivity index (χ3v) is 5.06. The van der Waals surface area contributed by atoms with Crippen LogP contribution in [0.3, 0.4) is 0 Å². The molecule has 0 spiro atoms. The molecule has 0 aliphatic heterocycles. The van der Waals surface area contributed by atoms with E-state index in [1.165, 1.54) is 25.7 Å². The molecule has 1 saturated carbocycles. The molecule has 1 aliphatic rings. The quantitative estimate of drug-likeness (QED) is 0.751. The lowest BCUT2D eigenvalue weighted by Gasteiger charge is -2.26. The van der Waals surface area contributed by atoms with Gasteiger partial charge >= 0.3 is 0 Å². The van der Waals surface area contributed by atoms with Crippen LogP contribution in [0.15, 0.2) is 0 Å². The van der Waals surface area contributed by atoms with Crippen molar-refractivity contribution in [3.05, 3.63) is 0 Å². The minimum absolute atomic E-state index is 0.0234. The first-order chi connectivity index (χ1) is 7.53. The molecule has 2 unspecified atom stereocenters. The molecule has 16 heavy (non-hydrogen) atoms. The summed E-state index contributed by atoms with van der Waals surface area (Å²) in [4.78, 5) is 0. The Bertz CT molecular complexity index is 292. The summed E-state index contributed by atoms with van der Waals surface area (Å²) < 4.78 is 25.3. The molecule has 0 radical (unpaired) electrons. The molecule has 1 fully saturated rings. The molecule has 2 atom stereocenters. The molecule has 96 valence electrons. The van der Waals surface area contributed by atoms with E-state index in [4.69, 9.17) is 11.6 Å². The zero-order chi connectivity index (χ0) is 12.0. The van der Waals surface area contributed by atoms with E-state index in [0.29, 0.717) is 12.5 Å². The predicted octanol–water partition coefficient (Wildman–Crippen LogP) is 2.36. The summed E-state index contributed by atoms with van der Waals surface area (Å²) in [6, 6.07) is 0. The van der Waals surface area contributed by atoms with Crippen molar-refractivity contribution in [3.63, 3.8) is 0 Å². The monoisotopic (exact) mass is 267 g/mol. The van der Waals surface area contributed by atoms with Crippen LogP contribution < -0.4 is 4.72 Å². The van der Waals surface area contributed by atoms with Gasteiger partial charge in [0.05, 0.1) is 5.75 Å². The number of hydrogen-bond donors (Lipinski definition) is 1. The Morgan fingerprint density at radius 1 is 1.38 bits per heavy atom. The molecule has 0 amide bonds. The molecule has 1 N–H and O–H groups in total. The fourth-order valence-corrected chi connectivity index (χ4v) is 3.80. The number of alkyl halides is 1. The summed E-state index contributed by atoms with van der Waals surface area (Å²) in [7, 11) is -3.13. The molecule has 0 aromatic heterocycles. The van der Waals surface area contributed by atoms with Gasteiger partial charge in [-0.25, -0.2) is 13.1 Å². The molecule has 3 nitrogen and oxygen atoms in total. The average molecular weight is 268 g/mol. The van der Waals surface area contributed by atoms with E-state index >= 15 is 0 Å². The summed E-state index contributed by atoms with van der Waals surface area (Å²) in [6.45, 7) is 2.85. The van der Waals surface area contributed by atoms with Crippen LogP contribution in [0.4, 0.5) is 0 Å². The zero-order valence-corrected chi connectivity index (χ0v) is 11.5. The van der Waals surface area contributed by atoms with Crippen LogP contribution in [0, 0.1) is 11.8 Å². The summed E-state index contributed by atoms with van der Waals surface area (Å²) in [6.07, 6.45) is 6.08. The highest BCUT2D eigenvalue weighted by Crippen LogP contribution is 2.30. The first-order valence-electron chi connectivity index (χ1n) is 6.07. The minimum Gasteiger partial charge on any atom is -0.215 e. The maximum atomic E-state index is 11.3. The molecule has 0 aromatic carbocycles. The lowest BCUT2D eigenvalue weighted by Crippen LogP contribution is -2.29. The van der Waals surface area contributed by atoms with Gasteiger partial charge in [-0.15, -0.1) is 11.6 Å². The number of sulfonamides is 1. The van der Waals surface area contributed by atoms with Crippen molar-refractivity contribution < 1.29 is 8.42 Å². The molecular weight excluding hydrogens is 246 g/mol. The predicted molar refractivity (Wildman–Crippen MR) is 68.2 cm³/mol. The van der Waals surface area contributed by atoms with Gasteiger partial charge in [-0.3, -0.25) is 0 Å². The molecule has 0 aromatic rings. The Morgan fingerprint density at radius 3 is 2.75 bits per heavy atom. The number of hydrogen-bond acceptors (Lipinski definition) is 2. The highest BCUT2D eigenvalue weighted by molar-refractivity contribution is 7.89. The fourth-order valence-electron chi connectivity index (χ4n) is 2.41. The smallest absolute Gasteiger partial charge is 0.212 e. The molecule has 1 rings (SSSR count). The molecular formula is C11H22ClNO2S. The summed E-state index contributed by atoms with van der Waals surface area (Å²) in [5.41, 5.74) is 0. The van der Waals surface area contributed by atoms with Gasteiger partial charge < -0.3 is 0 Å². The van der Waals surface area contributed by atoms with Crippen molar-refractivity contribution in [2.24, 2.45) is 11.8 Å². The lowest BCUT2D eigenvalue weighted by molar-refractivity contribution is 0.271. The third-order valence-electron chi connectivity index (χ3n) is 3.27. The maximum Gasteiger partial charge on any atom is 0.212 e. The van der Waals surface area contributed by atoms with Gasteiger partial charge in [-0.05, 0) is 24.7 Å². The van der Waals surface area contributed by atoms with Crippen molar-refractivity contribution in [1.82, 2.24) is 4.72 Å². The Balaban J connectivity index is 2.19. The number of nitrogens with one attached hydrogen (secondary N) is 1. The second kappa shape index (κ2) is 6.82. The Hall–Kier alpha value is 0.200. The highest BCUT2D eigenvalue weighted by Gasteiger charge is 2.19. The van der Waals surface area contributed by atoms with E-state index in [2.05, 4.69) is 11.6 Å². The molecule has 0 saturated heterocycles. The van der Waals surface area contributed by atoms with Gasteiger partial charge in [0.1, 0.15) is 0 Å². The minimum atomic E-state index is -3.13. The van der Waals surface area contributed by atoms with Crippen LogP contribution in [-0.2, 0) is 10.0 Å². The second-order valence-electron chi connectivity index (χ2n) is 4.83. The average Bonchev–Trinajstić information content (AvgIpc) is 2.17. The zero-order valence-electron chi connectivity index (χ0n) is 9.91. The van der Waals surface area contributed by atoms with Crippen LogP contribution in [0.25, 0.3) is 0 Å². The standard InChI is InChI=1S/C11H22ClNO2S/c1-10-3-2-4-11(9-10)5-7-13-16(14,15)8-6-12/h10-11,13H,2-9H2,1H3. The van der Waals surface area contributed by atoms with E-state index < -0.39 is 10.0 Å². The van der Waals surface area contributed by atoms with Gasteiger partial charge in [0, 0.05) is 12.4 Å². The summed E-state index contributed by atoms with van der Waals surface area (Å²) in [5.74, 6) is 1.69.